The molecule has 1 unspecified atom stereocenters. The summed E-state index contributed by atoms with van der Waals surface area (Å²) in [5, 5.41) is 14.4. The van der Waals surface area contributed by atoms with E-state index in [0.717, 1.165) is 0 Å². The molecule has 0 aliphatic rings. The molecule has 136 valence electrons. The van der Waals surface area contributed by atoms with E-state index in [9.17, 15) is 9.90 Å². The van der Waals surface area contributed by atoms with Crippen LogP contribution in [0.15, 0.2) is 64.0 Å². The topological polar surface area (TPSA) is 84.8 Å². The molecule has 8 heteroatoms. The summed E-state index contributed by atoms with van der Waals surface area (Å²) in [5.41, 5.74) is -1.11. The van der Waals surface area contributed by atoms with E-state index < -0.39 is 11.5 Å². The highest BCUT2D eigenvalue weighted by molar-refractivity contribution is 6.35. The highest BCUT2D eigenvalue weighted by Crippen LogP contribution is 2.30. The van der Waals surface area contributed by atoms with E-state index in [2.05, 4.69) is 5.32 Å². The number of aliphatic hydroxyl groups is 1. The summed E-state index contributed by atoms with van der Waals surface area (Å²) in [5.74, 6) is 0.174. The first-order valence-corrected chi connectivity index (χ1v) is 8.38. The monoisotopic (exact) mass is 395 g/mol. The van der Waals surface area contributed by atoms with Crippen molar-refractivity contribution in [2.24, 2.45) is 0 Å². The van der Waals surface area contributed by atoms with Gasteiger partial charge in [-0.2, -0.15) is 0 Å². The molecule has 2 aromatic heterocycles. The minimum atomic E-state index is -1.57. The molecule has 0 aliphatic heterocycles. The number of amides is 1. The number of carbonyl (C=O) groups excluding carboxylic acids is 1. The van der Waals surface area contributed by atoms with Gasteiger partial charge in [0.05, 0.1) is 30.4 Å². The van der Waals surface area contributed by atoms with Crippen molar-refractivity contribution in [2.45, 2.75) is 5.60 Å². The Kier molecular flexibility index (Phi) is 5.56. The second-order valence-electron chi connectivity index (χ2n) is 5.49. The van der Waals surface area contributed by atoms with Gasteiger partial charge in [-0.25, -0.2) is 0 Å². The Bertz CT molecular complexity index is 828. The molecule has 0 fully saturated rings. The quantitative estimate of drug-likeness (QED) is 0.638. The zero-order valence-corrected chi connectivity index (χ0v) is 15.0. The van der Waals surface area contributed by atoms with Gasteiger partial charge in [-0.1, -0.05) is 23.2 Å². The van der Waals surface area contributed by atoms with Crippen LogP contribution in [-0.4, -0.2) is 24.2 Å². The lowest BCUT2D eigenvalue weighted by atomic mass is 9.93. The average molecular weight is 396 g/mol. The van der Waals surface area contributed by atoms with E-state index in [0.29, 0.717) is 21.4 Å². The minimum absolute atomic E-state index is 0.128. The Morgan fingerprint density at radius 2 is 2.08 bits per heavy atom. The summed E-state index contributed by atoms with van der Waals surface area (Å²) in [6.07, 6.45) is 4.25. The van der Waals surface area contributed by atoms with Crippen LogP contribution in [0.3, 0.4) is 0 Å². The average Bonchev–Trinajstić information content (AvgIpc) is 3.32. The number of nitrogens with one attached hydrogen (secondary N) is 1. The molecule has 1 amide bonds. The maximum absolute atomic E-state index is 12.1. The standard InChI is InChI=1S/C18H15Cl2NO5/c19-13-3-4-15(14(20)8-13)26-10-17(22)21-11-18(23,12-5-7-24-9-12)16-2-1-6-25-16/h1-9,23H,10-11H2,(H,21,22). The van der Waals surface area contributed by atoms with Gasteiger partial charge in [-0.05, 0) is 36.4 Å². The molecule has 6 nitrogen and oxygen atoms in total. The molecular weight excluding hydrogens is 381 g/mol. The zero-order valence-electron chi connectivity index (χ0n) is 13.4. The lowest BCUT2D eigenvalue weighted by Gasteiger charge is -2.25. The molecule has 0 spiro atoms. The Morgan fingerprint density at radius 1 is 1.23 bits per heavy atom. The molecule has 3 rings (SSSR count). The summed E-state index contributed by atoms with van der Waals surface area (Å²) >= 11 is 11.8. The van der Waals surface area contributed by atoms with Crippen LogP contribution in [0, 0.1) is 0 Å². The van der Waals surface area contributed by atoms with Crippen LogP contribution >= 0.6 is 23.2 Å². The molecule has 1 atom stereocenters. The number of carbonyl (C=O) groups is 1. The molecule has 0 bridgehead atoms. The van der Waals surface area contributed by atoms with Crippen molar-refractivity contribution in [1.29, 1.82) is 0 Å². The molecule has 0 saturated heterocycles. The second-order valence-corrected chi connectivity index (χ2v) is 6.33. The first-order valence-electron chi connectivity index (χ1n) is 7.62. The van der Waals surface area contributed by atoms with Crippen molar-refractivity contribution in [3.05, 3.63) is 76.6 Å². The third-order valence-corrected chi connectivity index (χ3v) is 4.25. The van der Waals surface area contributed by atoms with E-state index in [1.54, 1.807) is 30.3 Å². The van der Waals surface area contributed by atoms with E-state index in [1.165, 1.54) is 24.9 Å². The minimum Gasteiger partial charge on any atom is -0.482 e. The Morgan fingerprint density at radius 3 is 2.73 bits per heavy atom. The molecule has 0 saturated carbocycles. The number of halogens is 2. The molecule has 3 aromatic rings. The summed E-state index contributed by atoms with van der Waals surface area (Å²) in [4.78, 5) is 12.1. The highest BCUT2D eigenvalue weighted by Gasteiger charge is 2.36. The van der Waals surface area contributed by atoms with Crippen LogP contribution in [0.2, 0.25) is 10.0 Å². The molecule has 0 aliphatic carbocycles. The Balaban J connectivity index is 1.63. The van der Waals surface area contributed by atoms with Crippen LogP contribution in [-0.2, 0) is 10.4 Å². The van der Waals surface area contributed by atoms with E-state index in [4.69, 9.17) is 36.8 Å². The predicted octanol–water partition coefficient (Wildman–Crippen LogP) is 3.61. The lowest BCUT2D eigenvalue weighted by Crippen LogP contribution is -2.42. The number of hydrogen-bond acceptors (Lipinski definition) is 5. The predicted molar refractivity (Wildman–Crippen MR) is 95.4 cm³/mol. The lowest BCUT2D eigenvalue weighted by molar-refractivity contribution is -0.124. The molecule has 2 heterocycles. The van der Waals surface area contributed by atoms with Crippen LogP contribution in [0.1, 0.15) is 11.3 Å². The molecule has 1 aromatic carbocycles. The maximum atomic E-state index is 12.1. The molecule has 2 N–H and O–H groups in total. The summed E-state index contributed by atoms with van der Waals surface area (Å²) in [7, 11) is 0. The number of furan rings is 2. The van der Waals surface area contributed by atoms with Crippen molar-refractivity contribution in [2.75, 3.05) is 13.2 Å². The van der Waals surface area contributed by atoms with Crippen LogP contribution in [0.5, 0.6) is 5.75 Å². The first-order chi connectivity index (χ1) is 12.5. The second kappa shape index (κ2) is 7.86. The van der Waals surface area contributed by atoms with Crippen molar-refractivity contribution in [1.82, 2.24) is 5.32 Å². The summed E-state index contributed by atoms with van der Waals surface area (Å²) in [6, 6.07) is 9.55. The number of rotatable bonds is 7. The van der Waals surface area contributed by atoms with E-state index in [-0.39, 0.29) is 18.9 Å². The van der Waals surface area contributed by atoms with Crippen molar-refractivity contribution >= 4 is 29.1 Å². The van der Waals surface area contributed by atoms with Crippen molar-refractivity contribution < 1.29 is 23.5 Å². The van der Waals surface area contributed by atoms with E-state index in [1.807, 2.05) is 0 Å². The van der Waals surface area contributed by atoms with Crippen LogP contribution < -0.4 is 10.1 Å². The van der Waals surface area contributed by atoms with Crippen LogP contribution in [0.25, 0.3) is 0 Å². The van der Waals surface area contributed by atoms with Gasteiger partial charge in [0.2, 0.25) is 0 Å². The number of hydrogen-bond donors (Lipinski definition) is 2. The first kappa shape index (κ1) is 18.4. The van der Waals surface area contributed by atoms with Gasteiger partial charge in [-0.15, -0.1) is 0 Å². The molecule has 26 heavy (non-hydrogen) atoms. The SMILES string of the molecule is O=C(COc1ccc(Cl)cc1Cl)NCC(O)(c1ccoc1)c1ccco1. The molecule has 0 radical (unpaired) electrons. The summed E-state index contributed by atoms with van der Waals surface area (Å²) < 4.78 is 15.7. The van der Waals surface area contributed by atoms with Gasteiger partial charge < -0.3 is 24.0 Å². The van der Waals surface area contributed by atoms with Gasteiger partial charge in [0, 0.05) is 10.6 Å². The fourth-order valence-electron chi connectivity index (χ4n) is 2.36. The third kappa shape index (κ3) is 4.04. The van der Waals surface area contributed by atoms with Gasteiger partial charge in [0.15, 0.2) is 12.2 Å². The smallest absolute Gasteiger partial charge is 0.258 e. The van der Waals surface area contributed by atoms with Crippen LogP contribution in [0.4, 0.5) is 0 Å². The van der Waals surface area contributed by atoms with Gasteiger partial charge in [-0.3, -0.25) is 4.79 Å². The van der Waals surface area contributed by atoms with Gasteiger partial charge in [0.25, 0.3) is 5.91 Å². The summed E-state index contributed by atoms with van der Waals surface area (Å²) in [6.45, 7) is -0.405. The Hall–Kier alpha value is -2.41. The third-order valence-electron chi connectivity index (χ3n) is 3.72. The van der Waals surface area contributed by atoms with Gasteiger partial charge in [0.1, 0.15) is 11.5 Å². The largest absolute Gasteiger partial charge is 0.482 e. The molecular formula is C18H15Cl2NO5. The van der Waals surface area contributed by atoms with E-state index >= 15 is 0 Å². The number of benzene rings is 1. The fourth-order valence-corrected chi connectivity index (χ4v) is 2.82. The van der Waals surface area contributed by atoms with Crippen molar-refractivity contribution in [3.8, 4) is 5.75 Å². The maximum Gasteiger partial charge on any atom is 0.258 e. The van der Waals surface area contributed by atoms with Gasteiger partial charge >= 0.3 is 0 Å². The Labute approximate surface area is 159 Å². The zero-order chi connectivity index (χ0) is 18.6. The number of ether oxygens (including phenoxy) is 1. The normalized spacial score (nSPS) is 13.2. The van der Waals surface area contributed by atoms with Crippen molar-refractivity contribution in [3.63, 3.8) is 0 Å². The highest BCUT2D eigenvalue weighted by atomic mass is 35.5. The fraction of sp³-hybridized carbons (Fsp3) is 0.167.